The zero-order chi connectivity index (χ0) is 52.7. The molecule has 15 heteroatoms. The van der Waals surface area contributed by atoms with Gasteiger partial charge in [-0.2, -0.15) is 0 Å². The van der Waals surface area contributed by atoms with Crippen LogP contribution in [0.5, 0.6) is 0 Å². The van der Waals surface area contributed by atoms with Crippen molar-refractivity contribution in [3.63, 3.8) is 0 Å². The monoisotopic (exact) mass is 959 g/mol. The molecular formula is C54H78N4O11. The highest BCUT2D eigenvalue weighted by molar-refractivity contribution is 5.99. The van der Waals surface area contributed by atoms with Crippen LogP contribution in [0.4, 0.5) is 22.7 Å². The summed E-state index contributed by atoms with van der Waals surface area (Å²) in [7, 11) is 1.45. The summed E-state index contributed by atoms with van der Waals surface area (Å²) in [6.45, 7) is 22.6. The van der Waals surface area contributed by atoms with Crippen LogP contribution in [0.3, 0.4) is 0 Å². The third-order valence-corrected chi connectivity index (χ3v) is 9.79. The number of hydrogen-bond acceptors (Lipinski definition) is 10. The van der Waals surface area contributed by atoms with E-state index in [-0.39, 0.29) is 55.1 Å². The second-order valence-corrected chi connectivity index (χ2v) is 14.2. The lowest BCUT2D eigenvalue weighted by Gasteiger charge is -2.17. The average Bonchev–Trinajstić information content (AvgIpc) is 4.19. The number of nitrogen functional groups attached to an aromatic ring is 1. The van der Waals surface area contributed by atoms with Crippen molar-refractivity contribution in [1.29, 1.82) is 0 Å². The van der Waals surface area contributed by atoms with Crippen LogP contribution >= 0.6 is 0 Å². The molecule has 3 aliphatic heterocycles. The van der Waals surface area contributed by atoms with Gasteiger partial charge in [-0.1, -0.05) is 135 Å². The van der Waals surface area contributed by atoms with E-state index >= 15 is 0 Å². The molecule has 0 spiro atoms. The Morgan fingerprint density at radius 3 is 1.26 bits per heavy atom. The molecule has 0 saturated carbocycles. The van der Waals surface area contributed by atoms with Gasteiger partial charge in [0.15, 0.2) is 0 Å². The Bertz CT molecular complexity index is 2020. The summed E-state index contributed by atoms with van der Waals surface area (Å²) in [5.41, 5.74) is 9.19. The molecule has 69 heavy (non-hydrogen) atoms. The van der Waals surface area contributed by atoms with E-state index < -0.39 is 29.8 Å². The molecule has 3 aliphatic rings. The number of carboxylic acid groups (broad SMARTS) is 4. The van der Waals surface area contributed by atoms with Crippen LogP contribution in [0, 0.1) is 17.8 Å². The molecule has 15 nitrogen and oxygen atoms in total. The molecule has 0 aliphatic carbocycles. The van der Waals surface area contributed by atoms with Gasteiger partial charge in [0.05, 0.1) is 24.9 Å². The number of carbonyl (C=O) groups excluding carboxylic acids is 2. The average molecular weight is 959 g/mol. The maximum Gasteiger partial charge on any atom is 0.330 e. The topological polar surface area (TPSA) is 228 Å². The Morgan fingerprint density at radius 2 is 0.942 bits per heavy atom. The first-order chi connectivity index (χ1) is 33.2. The van der Waals surface area contributed by atoms with Gasteiger partial charge < -0.3 is 45.6 Å². The molecule has 4 aromatic rings. The van der Waals surface area contributed by atoms with Gasteiger partial charge in [-0.3, -0.25) is 24.0 Å². The van der Waals surface area contributed by atoms with E-state index in [4.69, 9.17) is 30.9 Å². The molecule has 3 fully saturated rings. The molecule has 3 unspecified atom stereocenters. The van der Waals surface area contributed by atoms with E-state index in [0.717, 1.165) is 49.5 Å². The van der Waals surface area contributed by atoms with E-state index in [1.165, 1.54) is 17.7 Å². The first kappa shape index (κ1) is 63.9. The highest BCUT2D eigenvalue weighted by atomic mass is 16.5. The predicted octanol–water partition coefficient (Wildman–Crippen LogP) is 10.3. The number of methoxy groups -OCH3 is 1. The first-order valence-electron chi connectivity index (χ1n) is 23.6. The summed E-state index contributed by atoms with van der Waals surface area (Å²) < 4.78 is 4.75. The van der Waals surface area contributed by atoms with Crippen molar-refractivity contribution in [2.45, 2.75) is 87.5 Å². The number of ether oxygens (including phenoxy) is 1. The summed E-state index contributed by atoms with van der Waals surface area (Å²) in [4.78, 5) is 70.2. The van der Waals surface area contributed by atoms with Crippen LogP contribution in [-0.4, -0.2) is 96.0 Å². The van der Waals surface area contributed by atoms with Crippen LogP contribution in [0.25, 0.3) is 0 Å². The summed E-state index contributed by atoms with van der Waals surface area (Å²) in [5, 5.41) is 34.0. The van der Waals surface area contributed by atoms with Crippen LogP contribution < -0.4 is 20.4 Å². The lowest BCUT2D eigenvalue weighted by atomic mass is 10.1. The molecule has 0 bridgehead atoms. The smallest absolute Gasteiger partial charge is 0.330 e. The normalized spacial score (nSPS) is 15.7. The van der Waals surface area contributed by atoms with Crippen molar-refractivity contribution in [1.82, 2.24) is 0 Å². The van der Waals surface area contributed by atoms with Gasteiger partial charge in [0.1, 0.15) is 0 Å². The number of anilines is 4. The van der Waals surface area contributed by atoms with E-state index in [0.29, 0.717) is 6.54 Å². The Morgan fingerprint density at radius 1 is 0.565 bits per heavy atom. The fourth-order valence-electron chi connectivity index (χ4n) is 6.38. The Kier molecular flexibility index (Phi) is 36.0. The molecule has 4 aromatic carbocycles. The molecule has 1 amide bonds. The SMILES string of the molecule is C=C(CCC(=O)O)C(=O)O.CC.CC.CC.CC.COC(=O)C1CCN(c2ccccc2)C1.Nc1ccccc1.O=C(O)C1CC(=O)N(c2ccccc2)C1.O=C(O)C1CCN(c2ccccc2)C1. The number of carboxylic acids is 4. The van der Waals surface area contributed by atoms with Crippen LogP contribution in [0.1, 0.15) is 87.5 Å². The van der Waals surface area contributed by atoms with E-state index in [2.05, 4.69) is 28.5 Å². The first-order valence-corrected chi connectivity index (χ1v) is 23.6. The number of nitrogens with zero attached hydrogens (tertiary/aromatic N) is 3. The molecular weight excluding hydrogens is 881 g/mol. The van der Waals surface area contributed by atoms with Crippen molar-refractivity contribution in [3.8, 4) is 0 Å². The lowest BCUT2D eigenvalue weighted by molar-refractivity contribution is -0.145. The quantitative estimate of drug-likeness (QED) is 0.0566. The number of carbonyl (C=O) groups is 6. The van der Waals surface area contributed by atoms with Crippen LogP contribution in [0.2, 0.25) is 0 Å². The Labute approximate surface area is 410 Å². The predicted molar refractivity (Wildman–Crippen MR) is 278 cm³/mol. The number of hydrogen-bond donors (Lipinski definition) is 5. The third-order valence-electron chi connectivity index (χ3n) is 9.79. The summed E-state index contributed by atoms with van der Waals surface area (Å²) in [6.07, 6.45) is 1.58. The molecule has 380 valence electrons. The molecule has 3 saturated heterocycles. The number of nitrogens with two attached hydrogens (primary N) is 1. The molecule has 6 N–H and O–H groups in total. The van der Waals surface area contributed by atoms with Crippen molar-refractivity contribution in [2.24, 2.45) is 17.8 Å². The fourth-order valence-corrected chi connectivity index (χ4v) is 6.38. The summed E-state index contributed by atoms with van der Waals surface area (Å²) in [5.74, 6) is -4.67. The number of aliphatic carboxylic acids is 4. The van der Waals surface area contributed by atoms with Gasteiger partial charge in [-0.05, 0) is 67.8 Å². The lowest BCUT2D eigenvalue weighted by Crippen LogP contribution is -2.25. The standard InChI is InChI=1S/C12H15NO2.C11H11NO3.C11H13NO2.C6H7N.C6H8O4.4C2H6/c1-15-12(14)10-7-8-13(9-10)11-5-3-2-4-6-11;13-10-6-8(11(14)15)7-12(10)9-4-2-1-3-5-9;13-11(14)9-6-7-12(8-9)10-4-2-1-3-5-10;7-6-4-2-1-3-5-6;1-4(6(9)10)2-3-5(7)8;4*1-2/h2-6,10H,7-9H2,1H3;1-5,8H,6-7H2,(H,14,15);1-5,9H,6-8H2,(H,13,14);1-5H,7H2;1-3H2,(H,7,8)(H,9,10);4*1-2H3. The number of benzene rings is 4. The summed E-state index contributed by atoms with van der Waals surface area (Å²) in [6, 6.07) is 38.7. The van der Waals surface area contributed by atoms with Gasteiger partial charge in [0.2, 0.25) is 5.91 Å². The minimum atomic E-state index is -1.14. The van der Waals surface area contributed by atoms with Crippen molar-refractivity contribution in [3.05, 3.63) is 133 Å². The van der Waals surface area contributed by atoms with E-state index in [1.807, 2.05) is 165 Å². The second kappa shape index (κ2) is 38.9. The molecule has 7 rings (SSSR count). The second-order valence-electron chi connectivity index (χ2n) is 14.2. The van der Waals surface area contributed by atoms with Gasteiger partial charge in [-0.25, -0.2) is 4.79 Å². The fraction of sp³-hybridized carbons (Fsp3) is 0.407. The highest BCUT2D eigenvalue weighted by Gasteiger charge is 2.35. The zero-order valence-electron chi connectivity index (χ0n) is 42.1. The highest BCUT2D eigenvalue weighted by Crippen LogP contribution is 2.26. The number of amides is 1. The third kappa shape index (κ3) is 26.1. The number of para-hydroxylation sites is 4. The molecule has 0 radical (unpaired) electrons. The van der Waals surface area contributed by atoms with Crippen molar-refractivity contribution >= 4 is 58.5 Å². The molecule has 0 aromatic heterocycles. The van der Waals surface area contributed by atoms with Crippen LogP contribution in [-0.2, 0) is 33.5 Å². The maximum absolute atomic E-state index is 11.6. The Hall–Kier alpha value is -7.16. The zero-order valence-corrected chi connectivity index (χ0v) is 42.1. The maximum atomic E-state index is 11.6. The van der Waals surface area contributed by atoms with Crippen molar-refractivity contribution in [2.75, 3.05) is 60.3 Å². The van der Waals surface area contributed by atoms with E-state index in [9.17, 15) is 28.8 Å². The number of esters is 1. The van der Waals surface area contributed by atoms with E-state index in [1.54, 1.807) is 0 Å². The summed E-state index contributed by atoms with van der Waals surface area (Å²) >= 11 is 0. The minimum absolute atomic E-state index is 0.00463. The van der Waals surface area contributed by atoms with Crippen molar-refractivity contribution < 1.29 is 53.9 Å². The van der Waals surface area contributed by atoms with Gasteiger partial charge in [0.25, 0.3) is 0 Å². The largest absolute Gasteiger partial charge is 0.481 e. The Balaban J connectivity index is 0. The minimum Gasteiger partial charge on any atom is -0.481 e. The van der Waals surface area contributed by atoms with Crippen LogP contribution in [0.15, 0.2) is 133 Å². The van der Waals surface area contributed by atoms with Gasteiger partial charge >= 0.3 is 29.8 Å². The van der Waals surface area contributed by atoms with Gasteiger partial charge in [-0.15, -0.1) is 0 Å². The number of rotatable bonds is 10. The molecule has 3 atom stereocenters. The van der Waals surface area contributed by atoms with Gasteiger partial charge in [0, 0.05) is 73.9 Å². The molecule has 3 heterocycles.